The van der Waals surface area contributed by atoms with Crippen LogP contribution in [0.5, 0.6) is 0 Å². The monoisotopic (exact) mass is 276 g/mol. The van der Waals surface area contributed by atoms with E-state index < -0.39 is 0 Å². The normalized spacial score (nSPS) is 10.2. The third-order valence-corrected chi connectivity index (χ3v) is 3.25. The molecule has 1 N–H and O–H groups in total. The van der Waals surface area contributed by atoms with Gasteiger partial charge in [-0.2, -0.15) is 0 Å². The first-order valence-corrected chi connectivity index (χ1v) is 6.98. The number of nitrogens with zero attached hydrogens (tertiary/aromatic N) is 3. The van der Waals surface area contributed by atoms with Gasteiger partial charge in [0, 0.05) is 25.2 Å². The van der Waals surface area contributed by atoms with Crippen LogP contribution in [-0.2, 0) is 6.54 Å². The number of hydrogen-bond donors (Lipinski definition) is 1. The summed E-state index contributed by atoms with van der Waals surface area (Å²) in [5, 5.41) is 5.04. The molecular weight excluding hydrogens is 260 g/mol. The molecule has 0 bridgehead atoms. The van der Waals surface area contributed by atoms with Crippen molar-refractivity contribution in [1.29, 1.82) is 0 Å². The molecule has 0 aromatic carbocycles. The lowest BCUT2D eigenvalue weighted by Crippen LogP contribution is -2.27. The van der Waals surface area contributed by atoms with Gasteiger partial charge in [-0.1, -0.05) is 0 Å². The van der Waals surface area contributed by atoms with E-state index in [9.17, 15) is 4.79 Å². The molecule has 19 heavy (non-hydrogen) atoms. The van der Waals surface area contributed by atoms with Crippen molar-refractivity contribution >= 4 is 23.1 Å². The van der Waals surface area contributed by atoms with E-state index in [2.05, 4.69) is 15.3 Å². The molecule has 6 heteroatoms. The molecule has 100 valence electrons. The number of amides is 1. The SMILES string of the molecule is CCNc1ncccc1C(=O)N(C)Cc1cscn1. The second kappa shape index (κ2) is 6.29. The van der Waals surface area contributed by atoms with Crippen molar-refractivity contribution in [2.45, 2.75) is 13.5 Å². The van der Waals surface area contributed by atoms with E-state index in [1.807, 2.05) is 12.3 Å². The standard InChI is InChI=1S/C13H16N4OS/c1-3-14-12-11(5-4-6-15-12)13(18)17(2)7-10-8-19-9-16-10/h4-6,8-9H,3,7H2,1-2H3,(H,14,15). The summed E-state index contributed by atoms with van der Waals surface area (Å²) in [5.74, 6) is 0.567. The predicted molar refractivity (Wildman–Crippen MR) is 76.3 cm³/mol. The molecule has 0 spiro atoms. The molecule has 0 saturated carbocycles. The van der Waals surface area contributed by atoms with E-state index in [0.717, 1.165) is 12.2 Å². The maximum Gasteiger partial charge on any atom is 0.257 e. The zero-order chi connectivity index (χ0) is 13.7. The van der Waals surface area contributed by atoms with Crippen LogP contribution in [0.3, 0.4) is 0 Å². The van der Waals surface area contributed by atoms with Crippen molar-refractivity contribution in [2.24, 2.45) is 0 Å². The molecule has 2 aromatic heterocycles. The number of nitrogens with one attached hydrogen (secondary N) is 1. The van der Waals surface area contributed by atoms with Crippen molar-refractivity contribution in [3.8, 4) is 0 Å². The molecule has 0 atom stereocenters. The summed E-state index contributed by atoms with van der Waals surface area (Å²) in [7, 11) is 1.77. The van der Waals surface area contributed by atoms with Crippen LogP contribution in [0.1, 0.15) is 23.0 Å². The molecule has 5 nitrogen and oxygen atoms in total. The second-order valence-corrected chi connectivity index (χ2v) is 4.79. The lowest BCUT2D eigenvalue weighted by Gasteiger charge is -2.17. The molecule has 2 aromatic rings. The van der Waals surface area contributed by atoms with Crippen LogP contribution in [0.2, 0.25) is 0 Å². The predicted octanol–water partition coefficient (Wildman–Crippen LogP) is 2.24. The van der Waals surface area contributed by atoms with Crippen LogP contribution >= 0.6 is 11.3 Å². The summed E-state index contributed by atoms with van der Waals surface area (Å²) in [5.41, 5.74) is 3.25. The minimum Gasteiger partial charge on any atom is -0.370 e. The largest absolute Gasteiger partial charge is 0.370 e. The van der Waals surface area contributed by atoms with Gasteiger partial charge >= 0.3 is 0 Å². The number of rotatable bonds is 5. The highest BCUT2D eigenvalue weighted by Crippen LogP contribution is 2.15. The minimum absolute atomic E-state index is 0.0583. The summed E-state index contributed by atoms with van der Waals surface area (Å²) in [4.78, 5) is 22.4. The lowest BCUT2D eigenvalue weighted by molar-refractivity contribution is 0.0784. The third-order valence-electron chi connectivity index (χ3n) is 2.61. The van der Waals surface area contributed by atoms with Crippen LogP contribution in [0.15, 0.2) is 29.2 Å². The summed E-state index contributed by atoms with van der Waals surface area (Å²) >= 11 is 1.53. The van der Waals surface area contributed by atoms with Crippen LogP contribution in [-0.4, -0.2) is 34.4 Å². The number of carbonyl (C=O) groups is 1. The molecule has 1 amide bonds. The number of carbonyl (C=O) groups excluding carboxylic acids is 1. The quantitative estimate of drug-likeness (QED) is 0.910. The Morgan fingerprint density at radius 1 is 1.47 bits per heavy atom. The highest BCUT2D eigenvalue weighted by molar-refractivity contribution is 7.07. The van der Waals surface area contributed by atoms with Gasteiger partial charge in [-0.3, -0.25) is 4.79 Å². The molecule has 0 saturated heterocycles. The Labute approximate surface area is 116 Å². The fourth-order valence-corrected chi connectivity index (χ4v) is 2.27. The van der Waals surface area contributed by atoms with E-state index >= 15 is 0 Å². The molecular formula is C13H16N4OS. The summed E-state index contributed by atoms with van der Waals surface area (Å²) in [6.45, 7) is 3.21. The summed E-state index contributed by atoms with van der Waals surface area (Å²) in [6, 6.07) is 3.55. The molecule has 2 heterocycles. The molecule has 0 unspecified atom stereocenters. The number of anilines is 1. The maximum atomic E-state index is 12.4. The summed E-state index contributed by atoms with van der Waals surface area (Å²) in [6.07, 6.45) is 1.68. The Morgan fingerprint density at radius 2 is 2.32 bits per heavy atom. The Bertz CT molecular complexity index is 541. The van der Waals surface area contributed by atoms with Gasteiger partial charge in [-0.05, 0) is 19.1 Å². The number of pyridine rings is 1. The molecule has 0 aliphatic heterocycles. The Morgan fingerprint density at radius 3 is 3.00 bits per heavy atom. The van der Waals surface area contributed by atoms with E-state index in [-0.39, 0.29) is 5.91 Å². The van der Waals surface area contributed by atoms with Crippen molar-refractivity contribution < 1.29 is 4.79 Å². The van der Waals surface area contributed by atoms with Crippen molar-refractivity contribution in [2.75, 3.05) is 18.9 Å². The Kier molecular flexibility index (Phi) is 4.46. The van der Waals surface area contributed by atoms with Crippen LogP contribution in [0.25, 0.3) is 0 Å². The van der Waals surface area contributed by atoms with Gasteiger partial charge in [-0.15, -0.1) is 11.3 Å². The Hall–Kier alpha value is -1.95. The van der Waals surface area contributed by atoms with Crippen LogP contribution < -0.4 is 5.32 Å². The number of thiazole rings is 1. The molecule has 0 fully saturated rings. The zero-order valence-corrected chi connectivity index (χ0v) is 11.8. The van der Waals surface area contributed by atoms with Gasteiger partial charge in [0.15, 0.2) is 0 Å². The molecule has 0 aliphatic rings. The maximum absolute atomic E-state index is 12.4. The number of hydrogen-bond acceptors (Lipinski definition) is 5. The average molecular weight is 276 g/mol. The highest BCUT2D eigenvalue weighted by Gasteiger charge is 2.16. The summed E-state index contributed by atoms with van der Waals surface area (Å²) < 4.78 is 0. The number of aromatic nitrogens is 2. The van der Waals surface area contributed by atoms with Gasteiger partial charge in [0.2, 0.25) is 0 Å². The smallest absolute Gasteiger partial charge is 0.257 e. The van der Waals surface area contributed by atoms with Gasteiger partial charge < -0.3 is 10.2 Å². The molecule has 2 rings (SSSR count). The van der Waals surface area contributed by atoms with Crippen molar-refractivity contribution in [3.63, 3.8) is 0 Å². The first kappa shape index (κ1) is 13.5. The van der Waals surface area contributed by atoms with Crippen molar-refractivity contribution in [3.05, 3.63) is 40.5 Å². The minimum atomic E-state index is -0.0583. The lowest BCUT2D eigenvalue weighted by atomic mass is 10.2. The fourth-order valence-electron chi connectivity index (χ4n) is 1.72. The average Bonchev–Trinajstić information content (AvgIpc) is 2.92. The molecule has 0 radical (unpaired) electrons. The first-order chi connectivity index (χ1) is 9.22. The highest BCUT2D eigenvalue weighted by atomic mass is 32.1. The Balaban J connectivity index is 2.14. The van der Waals surface area contributed by atoms with Crippen LogP contribution in [0.4, 0.5) is 5.82 Å². The van der Waals surface area contributed by atoms with Crippen molar-refractivity contribution in [1.82, 2.24) is 14.9 Å². The molecule has 0 aliphatic carbocycles. The first-order valence-electron chi connectivity index (χ1n) is 6.03. The van der Waals surface area contributed by atoms with Crippen LogP contribution in [0, 0.1) is 0 Å². The second-order valence-electron chi connectivity index (χ2n) is 4.07. The van der Waals surface area contributed by atoms with Gasteiger partial charge in [0.05, 0.1) is 23.3 Å². The van der Waals surface area contributed by atoms with Gasteiger partial charge in [0.1, 0.15) is 5.82 Å². The topological polar surface area (TPSA) is 58.1 Å². The van der Waals surface area contributed by atoms with E-state index in [1.54, 1.807) is 35.8 Å². The van der Waals surface area contributed by atoms with Gasteiger partial charge in [-0.25, -0.2) is 9.97 Å². The van der Waals surface area contributed by atoms with E-state index in [1.165, 1.54) is 11.3 Å². The fraction of sp³-hybridized carbons (Fsp3) is 0.308. The van der Waals surface area contributed by atoms with Gasteiger partial charge in [0.25, 0.3) is 5.91 Å². The third kappa shape index (κ3) is 3.29. The van der Waals surface area contributed by atoms with E-state index in [0.29, 0.717) is 17.9 Å². The van der Waals surface area contributed by atoms with E-state index in [4.69, 9.17) is 0 Å². The zero-order valence-electron chi connectivity index (χ0n) is 11.0.